The van der Waals surface area contributed by atoms with Crippen molar-refractivity contribution in [2.75, 3.05) is 21.3 Å². The van der Waals surface area contributed by atoms with E-state index in [4.69, 9.17) is 0 Å². The number of carbonyl (C=O) groups is 4. The fraction of sp³-hybridized carbons (Fsp3) is 0.310. The molecule has 0 radical (unpaired) electrons. The second-order valence-electron chi connectivity index (χ2n) is 39.0. The summed E-state index contributed by atoms with van der Waals surface area (Å²) in [7, 11) is 0. The minimum Gasteiger partial charge on any atom is -0.330 e. The van der Waals surface area contributed by atoms with Crippen molar-refractivity contribution < 1.29 is 71.9 Å². The highest BCUT2D eigenvalue weighted by molar-refractivity contribution is 6.02. The van der Waals surface area contributed by atoms with E-state index >= 15 is 0 Å². The van der Waals surface area contributed by atoms with Crippen LogP contribution >= 0.6 is 0 Å². The van der Waals surface area contributed by atoms with Gasteiger partial charge in [0.2, 0.25) is 23.6 Å². The molecule has 0 saturated heterocycles. The van der Waals surface area contributed by atoms with E-state index in [2.05, 4.69) is 191 Å². The average molecular weight is 1980 g/mol. The molecule has 4 atom stereocenters. The van der Waals surface area contributed by atoms with Crippen molar-refractivity contribution in [1.82, 2.24) is 38.2 Å². The molecular formula is C116H128F12N12O4. The lowest BCUT2D eigenvalue weighted by atomic mass is 9.71. The van der Waals surface area contributed by atoms with Gasteiger partial charge in [-0.2, -0.15) is 0 Å². The number of hydrogen-bond donors (Lipinski definition) is 4. The first-order valence-corrected chi connectivity index (χ1v) is 47.3. The smallest absolute Gasteiger partial charge is 0.248 e. The number of imidazole rings is 4. The second kappa shape index (κ2) is 51.5. The normalized spacial score (nSPS) is 18.9. The molecule has 4 aliphatic carbocycles. The van der Waals surface area contributed by atoms with Gasteiger partial charge < -0.3 is 39.5 Å². The van der Waals surface area contributed by atoms with Crippen LogP contribution < -0.4 is 21.3 Å². The monoisotopic (exact) mass is 1980 g/mol. The van der Waals surface area contributed by atoms with Gasteiger partial charge in [-0.3, -0.25) is 19.2 Å². The fourth-order valence-corrected chi connectivity index (χ4v) is 17.7. The van der Waals surface area contributed by atoms with Crippen LogP contribution in [0.4, 0.5) is 75.4 Å². The van der Waals surface area contributed by atoms with Gasteiger partial charge in [0.1, 0.15) is 28.8 Å². The quantitative estimate of drug-likeness (QED) is 0.0123. The molecule has 16 nitrogen and oxygen atoms in total. The Labute approximate surface area is 837 Å². The summed E-state index contributed by atoms with van der Waals surface area (Å²) in [5.41, 5.74) is 15.1. The van der Waals surface area contributed by atoms with Gasteiger partial charge >= 0.3 is 0 Å². The van der Waals surface area contributed by atoms with E-state index in [1.807, 2.05) is 127 Å². The Morgan fingerprint density at radius 1 is 0.306 bits per heavy atom. The highest BCUT2D eigenvalue weighted by Crippen LogP contribution is 2.50. The Bertz CT molecular complexity index is 6480. The summed E-state index contributed by atoms with van der Waals surface area (Å²) in [6.45, 7) is 41.7. The maximum absolute atomic E-state index is 13.7. The van der Waals surface area contributed by atoms with Gasteiger partial charge in [-0.15, -0.1) is 0 Å². The Kier molecular flexibility index (Phi) is 40.5. The number of allylic oxidation sites excluding steroid dienone is 36. The molecule has 0 bridgehead atoms. The van der Waals surface area contributed by atoms with E-state index < -0.39 is 116 Å². The maximum Gasteiger partial charge on any atom is 0.248 e. The molecule has 144 heavy (non-hydrogen) atoms. The van der Waals surface area contributed by atoms with E-state index in [9.17, 15) is 71.9 Å². The summed E-state index contributed by atoms with van der Waals surface area (Å²) in [6, 6.07) is 6.42. The zero-order chi connectivity index (χ0) is 106. The molecule has 4 aromatic heterocycles. The minimum absolute atomic E-state index is 0.0705. The second-order valence-corrected chi connectivity index (χ2v) is 39.0. The molecule has 4 heterocycles. The van der Waals surface area contributed by atoms with Crippen LogP contribution in [0.25, 0.3) is 0 Å². The Morgan fingerprint density at radius 3 is 0.896 bits per heavy atom. The molecule has 0 saturated carbocycles. The Balaban J connectivity index is 0.000000214. The summed E-state index contributed by atoms with van der Waals surface area (Å²) in [5, 5.41) is 8.61. The third kappa shape index (κ3) is 32.3. The number of rotatable bonds is 28. The molecule has 760 valence electrons. The number of carbonyl (C=O) groups excluding carboxylic acids is 4. The largest absolute Gasteiger partial charge is 0.330 e. The van der Waals surface area contributed by atoms with Gasteiger partial charge in [-0.05, 0) is 247 Å². The molecule has 0 fully saturated rings. The number of benzene rings is 4. The van der Waals surface area contributed by atoms with Gasteiger partial charge in [0.15, 0.2) is 52.4 Å². The van der Waals surface area contributed by atoms with Crippen LogP contribution in [-0.2, 0) is 19.2 Å². The summed E-state index contributed by atoms with van der Waals surface area (Å²) in [4.78, 5) is 65.2. The number of anilines is 4. The molecule has 4 aromatic carbocycles. The first kappa shape index (κ1) is 113. The van der Waals surface area contributed by atoms with Crippen molar-refractivity contribution >= 4 is 46.4 Å². The Morgan fingerprint density at radius 2 is 0.583 bits per heavy atom. The van der Waals surface area contributed by atoms with E-state index in [-0.39, 0.29) is 21.7 Å². The van der Waals surface area contributed by atoms with E-state index in [1.54, 1.807) is 76.5 Å². The van der Waals surface area contributed by atoms with Gasteiger partial charge in [-0.25, -0.2) is 72.6 Å². The van der Waals surface area contributed by atoms with Crippen LogP contribution in [-0.4, -0.2) is 61.8 Å². The minimum atomic E-state index is -1.62. The number of nitrogens with one attached hydrogen (secondary N) is 4. The van der Waals surface area contributed by atoms with Crippen molar-refractivity contribution in [2.45, 2.75) is 214 Å². The molecule has 8 aromatic rings. The standard InChI is InChI=1S/4C29H32F3N3O/c1-19(9-10-23-21(3)26(11-12-29(23,4)5)35-14-13-33-18-35)7-6-8-20(2)15-27(36)34-28-24(31)16-22(30)17-25(28)32;1-19(9-10-22-21(3)27(11-12-29(22,4)5)35-14-13-33-18-35)7-6-8-20(2)15-28(36)34-26-17-24(31)23(30)16-25(26)32;1-19(9-10-22-21(3)25(13-14-29(22,4)5)35-16-15-33-18-35)7-6-8-20(2)17-26(36)34-24-12-11-23(30)27(31)28(24)32;1-19(9-10-22-21(3)25(13-14-29(22,4)5)35-16-15-33-18-35)7-6-8-20(2)17-26(36)34-28-24(31)12-11-23(30)27(28)32/h6-10,13-18,26H,11-12H2,1-5H3,(H,34,36);6-10,13-18,27H,11-12H2,1-5H3,(H,34,36);2*6-12,15-18,25H,13-14H2,1-5H3,(H,34,36)/b2*8-6+,10-9+,19-7+,20-15+;2*8-6+,10-9+,19-7+,20-17+. The molecule has 0 spiro atoms. The number of halogens is 12. The third-order valence-electron chi connectivity index (χ3n) is 25.8. The van der Waals surface area contributed by atoms with Gasteiger partial charge in [0.25, 0.3) is 0 Å². The first-order chi connectivity index (χ1) is 67.9. The van der Waals surface area contributed by atoms with Gasteiger partial charge in [0.05, 0.1) is 60.9 Å². The van der Waals surface area contributed by atoms with E-state index in [1.165, 1.54) is 68.9 Å². The molecule has 12 rings (SSSR count). The van der Waals surface area contributed by atoms with Crippen LogP contribution in [0.1, 0.15) is 214 Å². The zero-order valence-electron chi connectivity index (χ0n) is 85.1. The highest BCUT2D eigenvalue weighted by Gasteiger charge is 2.37. The number of hydrogen-bond acceptors (Lipinski definition) is 8. The summed E-state index contributed by atoms with van der Waals surface area (Å²) >= 11 is 0. The number of aromatic nitrogens is 8. The van der Waals surface area contributed by atoms with Crippen LogP contribution in [0, 0.1) is 91.5 Å². The lowest BCUT2D eigenvalue weighted by Crippen LogP contribution is -2.25. The zero-order valence-corrected chi connectivity index (χ0v) is 85.1. The van der Waals surface area contributed by atoms with Crippen LogP contribution in [0.15, 0.2) is 358 Å². The molecule has 4 N–H and O–H groups in total. The predicted octanol–water partition coefficient (Wildman–Crippen LogP) is 30.5. The molecule has 28 heteroatoms. The highest BCUT2D eigenvalue weighted by atomic mass is 19.2. The molecule has 4 amide bonds. The van der Waals surface area contributed by atoms with E-state index in [0.717, 1.165) is 91.9 Å². The third-order valence-corrected chi connectivity index (χ3v) is 25.8. The fourth-order valence-electron chi connectivity index (χ4n) is 17.7. The summed E-state index contributed by atoms with van der Waals surface area (Å²) < 4.78 is 170. The van der Waals surface area contributed by atoms with E-state index in [0.29, 0.717) is 76.8 Å². The van der Waals surface area contributed by atoms with Crippen molar-refractivity contribution in [3.8, 4) is 0 Å². The van der Waals surface area contributed by atoms with Gasteiger partial charge in [-0.1, -0.05) is 199 Å². The topological polar surface area (TPSA) is 188 Å². The lowest BCUT2D eigenvalue weighted by Gasteiger charge is -2.38. The number of nitrogens with zero attached hydrogens (tertiary/aromatic N) is 8. The van der Waals surface area contributed by atoms with Crippen molar-refractivity contribution in [3.63, 3.8) is 0 Å². The average Bonchev–Trinajstić information content (AvgIpc) is 1.32. The maximum atomic E-state index is 13.7. The molecule has 0 aliphatic heterocycles. The number of amides is 4. The van der Waals surface area contributed by atoms with Crippen LogP contribution in [0.5, 0.6) is 0 Å². The molecule has 4 aliphatic rings. The SMILES string of the molecule is CC1=C(/C=C/C(C)=C/C=C/C(C)=C/C(=O)Nc2c(F)cc(F)cc2F)C(C)(C)CCC1n1ccnc1.CC1=C(/C=C/C(C)=C/C=C/C(C)=C/C(=O)Nc2c(F)ccc(F)c2F)C(C)(C)CCC1n1ccnc1.CC1=C(/C=C/C(C)=C/C=C/C(C)=C/C(=O)Nc2cc(F)c(F)cc2F)C(C)(C)CCC1n1ccnc1.CC1=C(/C=C/C(C)=C/C=C/C(C)=C/C(=O)Nc2ccc(F)c(F)c2F)C(C)(C)CCC1n1ccnc1. The van der Waals surface area contributed by atoms with Crippen molar-refractivity contribution in [2.24, 2.45) is 21.7 Å². The predicted molar refractivity (Wildman–Crippen MR) is 551 cm³/mol. The summed E-state index contributed by atoms with van der Waals surface area (Å²) in [5.74, 6) is -17.8. The van der Waals surface area contributed by atoms with Crippen molar-refractivity contribution in [1.29, 1.82) is 0 Å². The Hall–Kier alpha value is -14.4. The van der Waals surface area contributed by atoms with Gasteiger partial charge in [0, 0.05) is 98.1 Å². The lowest BCUT2D eigenvalue weighted by molar-refractivity contribution is -0.112. The summed E-state index contributed by atoms with van der Waals surface area (Å²) in [6.07, 6.45) is 75.1. The first-order valence-electron chi connectivity index (χ1n) is 47.3. The van der Waals surface area contributed by atoms with Crippen LogP contribution in [0.2, 0.25) is 0 Å². The molecule has 4 unspecified atom stereocenters. The van der Waals surface area contributed by atoms with Crippen LogP contribution in [0.3, 0.4) is 0 Å². The molecular weight excluding hydrogens is 1850 g/mol. The van der Waals surface area contributed by atoms with Crippen molar-refractivity contribution in [3.05, 3.63) is 428 Å².